The Hall–Kier alpha value is -1.72. The van der Waals surface area contributed by atoms with Crippen molar-refractivity contribution in [2.24, 2.45) is 0 Å². The Kier molecular flexibility index (Phi) is 7.06. The van der Waals surface area contributed by atoms with Gasteiger partial charge < -0.3 is 10.1 Å². The number of pyridine rings is 1. The molecule has 0 saturated heterocycles. The normalized spacial score (nSPS) is 12.0. The molecule has 0 fully saturated rings. The first-order chi connectivity index (χ1) is 10.8. The van der Waals surface area contributed by atoms with Gasteiger partial charge in [0, 0.05) is 41.6 Å². The first-order valence-corrected chi connectivity index (χ1v) is 8.94. The van der Waals surface area contributed by atoms with E-state index in [0.29, 0.717) is 12.4 Å². The average Bonchev–Trinajstić information content (AvgIpc) is 2.58. The highest BCUT2D eigenvalue weighted by Gasteiger charge is 2.00. The summed E-state index contributed by atoms with van der Waals surface area (Å²) in [6.45, 7) is 3.92. The summed E-state index contributed by atoms with van der Waals surface area (Å²) in [5.41, 5.74) is 2.06. The van der Waals surface area contributed by atoms with Crippen LogP contribution >= 0.6 is 0 Å². The third kappa shape index (κ3) is 5.95. The monoisotopic (exact) mass is 318 g/mol. The van der Waals surface area contributed by atoms with Crippen LogP contribution in [-0.4, -0.2) is 27.2 Å². The van der Waals surface area contributed by atoms with E-state index in [1.54, 1.807) is 6.20 Å². The lowest BCUT2D eigenvalue weighted by Crippen LogP contribution is -2.20. The van der Waals surface area contributed by atoms with E-state index >= 15 is 0 Å². The molecule has 0 aliphatic rings. The number of nitrogens with zero attached hydrogens (tertiary/aromatic N) is 1. The molecule has 2 rings (SSSR count). The molecule has 0 saturated carbocycles. The maximum atomic E-state index is 11.3. The Morgan fingerprint density at radius 1 is 1.23 bits per heavy atom. The molecular formula is C17H22N2O2S. The van der Waals surface area contributed by atoms with Gasteiger partial charge >= 0.3 is 0 Å². The lowest BCUT2D eigenvalue weighted by Gasteiger charge is -2.08. The summed E-state index contributed by atoms with van der Waals surface area (Å²) in [4.78, 5) is 4.24. The van der Waals surface area contributed by atoms with Crippen molar-refractivity contribution in [1.29, 1.82) is 0 Å². The minimum Gasteiger partial charge on any atom is -0.487 e. The second-order valence-electron chi connectivity index (χ2n) is 4.87. The summed E-state index contributed by atoms with van der Waals surface area (Å²) in [5, 5.41) is 3.31. The van der Waals surface area contributed by atoms with Crippen molar-refractivity contribution < 1.29 is 8.95 Å². The molecule has 1 aromatic heterocycles. The average molecular weight is 318 g/mol. The van der Waals surface area contributed by atoms with Crippen LogP contribution < -0.4 is 10.1 Å². The maximum absolute atomic E-state index is 11.3. The van der Waals surface area contributed by atoms with Gasteiger partial charge in [0.05, 0.1) is 5.69 Å². The van der Waals surface area contributed by atoms with Gasteiger partial charge in [0.15, 0.2) is 0 Å². The number of rotatable bonds is 9. The summed E-state index contributed by atoms with van der Waals surface area (Å²) < 4.78 is 17.1. The molecular weight excluding hydrogens is 296 g/mol. The van der Waals surface area contributed by atoms with Gasteiger partial charge in [-0.2, -0.15) is 0 Å². The molecule has 1 heterocycles. The van der Waals surface area contributed by atoms with Crippen LogP contribution in [0.15, 0.2) is 48.7 Å². The molecule has 0 aliphatic carbocycles. The van der Waals surface area contributed by atoms with Crippen molar-refractivity contribution in [3.8, 4) is 5.75 Å². The summed E-state index contributed by atoms with van der Waals surface area (Å²) >= 11 is 0. The highest BCUT2D eigenvalue weighted by atomic mass is 32.2. The molecule has 0 unspecified atom stereocenters. The fourth-order valence-corrected chi connectivity index (χ4v) is 2.61. The SMILES string of the molecule is CC[S@@](=O)CCNCc1cccc(OCc2ccccn2)c1. The third-order valence-corrected chi connectivity index (χ3v) is 4.47. The first-order valence-electron chi connectivity index (χ1n) is 7.45. The van der Waals surface area contributed by atoms with Gasteiger partial charge in [-0.25, -0.2) is 0 Å². The van der Waals surface area contributed by atoms with Crippen LogP contribution in [-0.2, 0) is 24.0 Å². The smallest absolute Gasteiger partial charge is 0.130 e. The quantitative estimate of drug-likeness (QED) is 0.722. The van der Waals surface area contributed by atoms with Crippen LogP contribution in [0.1, 0.15) is 18.2 Å². The third-order valence-electron chi connectivity index (χ3n) is 3.17. The van der Waals surface area contributed by atoms with E-state index in [2.05, 4.69) is 16.4 Å². The van der Waals surface area contributed by atoms with Gasteiger partial charge in [0.2, 0.25) is 0 Å². The van der Waals surface area contributed by atoms with Gasteiger partial charge in [0.1, 0.15) is 12.4 Å². The molecule has 0 aliphatic heterocycles. The Morgan fingerprint density at radius 2 is 2.14 bits per heavy atom. The van der Waals surface area contributed by atoms with Gasteiger partial charge in [-0.15, -0.1) is 0 Å². The van der Waals surface area contributed by atoms with E-state index < -0.39 is 10.8 Å². The lowest BCUT2D eigenvalue weighted by atomic mass is 10.2. The predicted molar refractivity (Wildman–Crippen MR) is 90.3 cm³/mol. The molecule has 1 N–H and O–H groups in total. The minimum absolute atomic E-state index is 0.465. The molecule has 1 atom stereocenters. The van der Waals surface area contributed by atoms with Crippen LogP contribution in [0.4, 0.5) is 0 Å². The van der Waals surface area contributed by atoms with Crippen LogP contribution in [0.5, 0.6) is 5.75 Å². The van der Waals surface area contributed by atoms with E-state index in [1.165, 1.54) is 0 Å². The zero-order valence-electron chi connectivity index (χ0n) is 12.8. The molecule has 5 heteroatoms. The maximum Gasteiger partial charge on any atom is 0.130 e. The van der Waals surface area contributed by atoms with Gasteiger partial charge in [-0.1, -0.05) is 25.1 Å². The number of ether oxygens (including phenoxy) is 1. The van der Waals surface area contributed by atoms with Crippen molar-refractivity contribution >= 4 is 10.8 Å². The first kappa shape index (κ1) is 16.6. The van der Waals surface area contributed by atoms with E-state index in [4.69, 9.17) is 4.74 Å². The van der Waals surface area contributed by atoms with Gasteiger partial charge in [-0.3, -0.25) is 9.19 Å². The van der Waals surface area contributed by atoms with E-state index in [-0.39, 0.29) is 0 Å². The fraction of sp³-hybridized carbons (Fsp3) is 0.353. The molecule has 2 aromatic rings. The van der Waals surface area contributed by atoms with Crippen LogP contribution in [0.2, 0.25) is 0 Å². The molecule has 0 radical (unpaired) electrons. The van der Waals surface area contributed by atoms with Crippen LogP contribution in [0.25, 0.3) is 0 Å². The Balaban J connectivity index is 1.78. The highest BCUT2D eigenvalue weighted by Crippen LogP contribution is 2.14. The predicted octanol–water partition coefficient (Wildman–Crippen LogP) is 2.52. The minimum atomic E-state index is -0.708. The van der Waals surface area contributed by atoms with E-state index in [1.807, 2.05) is 43.3 Å². The molecule has 1 aromatic carbocycles. The number of nitrogens with one attached hydrogen (secondary N) is 1. The number of benzene rings is 1. The largest absolute Gasteiger partial charge is 0.487 e. The number of hydrogen-bond donors (Lipinski definition) is 1. The van der Waals surface area contributed by atoms with E-state index in [0.717, 1.165) is 35.8 Å². The Bertz CT molecular complexity index is 590. The van der Waals surface area contributed by atoms with Gasteiger partial charge in [-0.05, 0) is 29.8 Å². The highest BCUT2D eigenvalue weighted by molar-refractivity contribution is 7.84. The Labute approximate surface area is 134 Å². The molecule has 0 spiro atoms. The molecule has 4 nitrogen and oxygen atoms in total. The van der Waals surface area contributed by atoms with Crippen molar-refractivity contribution in [3.63, 3.8) is 0 Å². The summed E-state index contributed by atoms with van der Waals surface area (Å²) in [6.07, 6.45) is 1.76. The second kappa shape index (κ2) is 9.33. The Morgan fingerprint density at radius 3 is 2.91 bits per heavy atom. The fourth-order valence-electron chi connectivity index (χ4n) is 1.95. The molecule has 0 bridgehead atoms. The standard InChI is InChI=1S/C17H22N2O2S/c1-2-22(20)11-10-18-13-15-6-5-8-17(12-15)21-14-16-7-3-4-9-19-16/h3-9,12,18H,2,10-11,13-14H2,1H3/t22-/m1/s1. The van der Waals surface area contributed by atoms with Crippen molar-refractivity contribution in [2.75, 3.05) is 18.1 Å². The van der Waals surface area contributed by atoms with Crippen molar-refractivity contribution in [1.82, 2.24) is 10.3 Å². The molecule has 0 amide bonds. The summed E-state index contributed by atoms with van der Waals surface area (Å²) in [7, 11) is -0.708. The summed E-state index contributed by atoms with van der Waals surface area (Å²) in [5.74, 6) is 2.26. The van der Waals surface area contributed by atoms with E-state index in [9.17, 15) is 4.21 Å². The lowest BCUT2D eigenvalue weighted by molar-refractivity contribution is 0.301. The number of hydrogen-bond acceptors (Lipinski definition) is 4. The zero-order chi connectivity index (χ0) is 15.6. The molecule has 22 heavy (non-hydrogen) atoms. The van der Waals surface area contributed by atoms with Crippen LogP contribution in [0, 0.1) is 0 Å². The molecule has 118 valence electrons. The van der Waals surface area contributed by atoms with Gasteiger partial charge in [0.25, 0.3) is 0 Å². The summed E-state index contributed by atoms with van der Waals surface area (Å²) in [6, 6.07) is 13.8. The van der Waals surface area contributed by atoms with Crippen molar-refractivity contribution in [2.45, 2.75) is 20.1 Å². The van der Waals surface area contributed by atoms with Crippen molar-refractivity contribution in [3.05, 3.63) is 59.9 Å². The van der Waals surface area contributed by atoms with Crippen LogP contribution in [0.3, 0.4) is 0 Å². The second-order valence-corrected chi connectivity index (χ2v) is 6.73. The zero-order valence-corrected chi connectivity index (χ0v) is 13.6. The topological polar surface area (TPSA) is 51.2 Å². The number of aromatic nitrogens is 1.